The van der Waals surface area contributed by atoms with Crippen molar-refractivity contribution in [1.29, 1.82) is 0 Å². The molecule has 1 aromatic carbocycles. The zero-order chi connectivity index (χ0) is 14.0. The van der Waals surface area contributed by atoms with Crippen molar-refractivity contribution in [1.82, 2.24) is 4.90 Å². The number of carbonyl (C=O) groups excluding carboxylic acids is 1. The highest BCUT2D eigenvalue weighted by Crippen LogP contribution is 2.23. The average molecular weight is 326 g/mol. The zero-order valence-electron chi connectivity index (χ0n) is 10.7. The molecule has 1 heterocycles. The summed E-state index contributed by atoms with van der Waals surface area (Å²) in [6, 6.07) is 5.61. The first-order valence-electron chi connectivity index (χ1n) is 6.27. The van der Waals surface area contributed by atoms with Crippen molar-refractivity contribution in [2.75, 3.05) is 13.1 Å². The van der Waals surface area contributed by atoms with E-state index in [1.165, 1.54) is 0 Å². The molecule has 0 spiro atoms. The van der Waals surface area contributed by atoms with Crippen LogP contribution in [0.25, 0.3) is 0 Å². The molecule has 0 bridgehead atoms. The smallest absolute Gasteiger partial charge is 0.308 e. The molecule has 0 aromatic heterocycles. The number of nitrogens with zero attached hydrogens (tertiary/aromatic N) is 1. The van der Waals surface area contributed by atoms with E-state index in [-0.39, 0.29) is 5.91 Å². The van der Waals surface area contributed by atoms with E-state index in [0.29, 0.717) is 25.1 Å². The van der Waals surface area contributed by atoms with Gasteiger partial charge in [0.05, 0.1) is 11.5 Å². The fourth-order valence-electron chi connectivity index (χ4n) is 2.34. The number of aliphatic carboxylic acids is 1. The quantitative estimate of drug-likeness (QED) is 0.909. The second-order valence-corrected chi connectivity index (χ2v) is 5.77. The SMILES string of the molecule is Cc1ccc(Br)c(C(=O)N2CCC[C@@H](C(=O)O)C2)c1. The summed E-state index contributed by atoms with van der Waals surface area (Å²) in [5.41, 5.74) is 1.62. The largest absolute Gasteiger partial charge is 0.481 e. The summed E-state index contributed by atoms with van der Waals surface area (Å²) < 4.78 is 0.751. The molecular formula is C14H16BrNO3. The molecule has 1 aliphatic heterocycles. The number of rotatable bonds is 2. The third kappa shape index (κ3) is 3.15. The standard InChI is InChI=1S/C14H16BrNO3/c1-9-4-5-12(15)11(7-9)13(17)16-6-2-3-10(8-16)14(18)19/h4-5,7,10H,2-3,6,8H2,1H3,(H,18,19)/t10-/m1/s1. The molecule has 2 rings (SSSR count). The Hall–Kier alpha value is -1.36. The normalized spacial score (nSPS) is 19.3. The lowest BCUT2D eigenvalue weighted by atomic mass is 9.97. The van der Waals surface area contributed by atoms with E-state index in [4.69, 9.17) is 5.11 Å². The lowest BCUT2D eigenvalue weighted by molar-refractivity contribution is -0.143. The van der Waals surface area contributed by atoms with Gasteiger partial charge in [-0.3, -0.25) is 9.59 Å². The third-order valence-electron chi connectivity index (χ3n) is 3.41. The number of benzene rings is 1. The van der Waals surface area contributed by atoms with Crippen LogP contribution in [-0.4, -0.2) is 35.0 Å². The van der Waals surface area contributed by atoms with Gasteiger partial charge in [-0.2, -0.15) is 0 Å². The summed E-state index contributed by atoms with van der Waals surface area (Å²) in [6.45, 7) is 2.86. The number of carbonyl (C=O) groups is 2. The molecule has 1 aliphatic rings. The van der Waals surface area contributed by atoms with Gasteiger partial charge in [0, 0.05) is 17.6 Å². The molecule has 4 nitrogen and oxygen atoms in total. The predicted octanol–water partition coefficient (Wildman–Crippen LogP) is 2.69. The fourth-order valence-corrected chi connectivity index (χ4v) is 2.75. The molecule has 1 amide bonds. The Balaban J connectivity index is 2.19. The van der Waals surface area contributed by atoms with Crippen molar-refractivity contribution in [3.8, 4) is 0 Å². The number of piperidine rings is 1. The van der Waals surface area contributed by atoms with E-state index in [1.807, 2.05) is 25.1 Å². The highest BCUT2D eigenvalue weighted by Gasteiger charge is 2.29. The zero-order valence-corrected chi connectivity index (χ0v) is 12.3. The Morgan fingerprint density at radius 1 is 1.42 bits per heavy atom. The topological polar surface area (TPSA) is 57.6 Å². The summed E-state index contributed by atoms with van der Waals surface area (Å²) in [5, 5.41) is 9.06. The number of amides is 1. The molecular weight excluding hydrogens is 310 g/mol. The van der Waals surface area contributed by atoms with E-state index >= 15 is 0 Å². The summed E-state index contributed by atoms with van der Waals surface area (Å²) in [6.07, 6.45) is 1.39. The van der Waals surface area contributed by atoms with Gasteiger partial charge in [0.15, 0.2) is 0 Å². The maximum atomic E-state index is 12.4. The monoisotopic (exact) mass is 325 g/mol. The molecule has 0 aliphatic carbocycles. The van der Waals surface area contributed by atoms with Crippen molar-refractivity contribution >= 4 is 27.8 Å². The third-order valence-corrected chi connectivity index (χ3v) is 4.10. The Kier molecular flexibility index (Phi) is 4.24. The summed E-state index contributed by atoms with van der Waals surface area (Å²) in [5.74, 6) is -1.36. The molecule has 19 heavy (non-hydrogen) atoms. The first kappa shape index (κ1) is 14.1. The lowest BCUT2D eigenvalue weighted by Crippen LogP contribution is -2.42. The Bertz CT molecular complexity index is 515. The van der Waals surface area contributed by atoms with Crippen LogP contribution in [0.2, 0.25) is 0 Å². The summed E-state index contributed by atoms with van der Waals surface area (Å²) >= 11 is 3.38. The van der Waals surface area contributed by atoms with Crippen LogP contribution in [0.4, 0.5) is 0 Å². The van der Waals surface area contributed by atoms with Gasteiger partial charge in [-0.05, 0) is 47.8 Å². The number of carboxylic acid groups (broad SMARTS) is 1. The molecule has 0 radical (unpaired) electrons. The Labute approximate surface area is 120 Å². The highest BCUT2D eigenvalue weighted by molar-refractivity contribution is 9.10. The lowest BCUT2D eigenvalue weighted by Gasteiger charge is -2.31. The first-order chi connectivity index (χ1) is 8.99. The number of aryl methyl sites for hydroxylation is 1. The second kappa shape index (κ2) is 5.74. The van der Waals surface area contributed by atoms with Gasteiger partial charge in [0.2, 0.25) is 0 Å². The van der Waals surface area contributed by atoms with Gasteiger partial charge in [0.1, 0.15) is 0 Å². The van der Waals surface area contributed by atoms with Gasteiger partial charge in [-0.15, -0.1) is 0 Å². The maximum absolute atomic E-state index is 12.4. The highest BCUT2D eigenvalue weighted by atomic mass is 79.9. The summed E-state index contributed by atoms with van der Waals surface area (Å²) in [4.78, 5) is 25.1. The van der Waals surface area contributed by atoms with Crippen LogP contribution in [0.15, 0.2) is 22.7 Å². The fraction of sp³-hybridized carbons (Fsp3) is 0.429. The van der Waals surface area contributed by atoms with Gasteiger partial charge in [-0.1, -0.05) is 11.6 Å². The van der Waals surface area contributed by atoms with Crippen molar-refractivity contribution in [3.05, 3.63) is 33.8 Å². The average Bonchev–Trinajstić information content (AvgIpc) is 2.41. The molecule has 0 unspecified atom stereocenters. The van der Waals surface area contributed by atoms with Crippen molar-refractivity contribution in [2.45, 2.75) is 19.8 Å². The minimum absolute atomic E-state index is 0.0958. The predicted molar refractivity (Wildman–Crippen MR) is 75.1 cm³/mol. The number of hydrogen-bond acceptors (Lipinski definition) is 2. The number of halogens is 1. The number of hydrogen-bond donors (Lipinski definition) is 1. The van der Waals surface area contributed by atoms with Crippen LogP contribution in [0, 0.1) is 12.8 Å². The molecule has 0 saturated carbocycles. The molecule has 1 aromatic rings. The minimum atomic E-state index is -0.819. The molecule has 1 atom stereocenters. The molecule has 1 N–H and O–H groups in total. The Morgan fingerprint density at radius 3 is 2.84 bits per heavy atom. The minimum Gasteiger partial charge on any atom is -0.481 e. The van der Waals surface area contributed by atoms with Gasteiger partial charge in [0.25, 0.3) is 5.91 Å². The molecule has 1 saturated heterocycles. The van der Waals surface area contributed by atoms with Gasteiger partial charge < -0.3 is 10.0 Å². The van der Waals surface area contributed by atoms with Crippen LogP contribution in [-0.2, 0) is 4.79 Å². The van der Waals surface area contributed by atoms with Crippen LogP contribution < -0.4 is 0 Å². The van der Waals surface area contributed by atoms with E-state index in [2.05, 4.69) is 15.9 Å². The van der Waals surface area contributed by atoms with Crippen molar-refractivity contribution < 1.29 is 14.7 Å². The van der Waals surface area contributed by atoms with Crippen molar-refractivity contribution in [2.24, 2.45) is 5.92 Å². The first-order valence-corrected chi connectivity index (χ1v) is 7.06. The van der Waals surface area contributed by atoms with Crippen LogP contribution in [0.5, 0.6) is 0 Å². The molecule has 1 fully saturated rings. The van der Waals surface area contributed by atoms with Crippen LogP contribution >= 0.6 is 15.9 Å². The van der Waals surface area contributed by atoms with Gasteiger partial charge in [-0.25, -0.2) is 0 Å². The Morgan fingerprint density at radius 2 is 2.16 bits per heavy atom. The van der Waals surface area contributed by atoms with Crippen molar-refractivity contribution in [3.63, 3.8) is 0 Å². The van der Waals surface area contributed by atoms with Gasteiger partial charge >= 0.3 is 5.97 Å². The number of carboxylic acids is 1. The summed E-state index contributed by atoms with van der Waals surface area (Å²) in [7, 11) is 0. The molecule has 5 heteroatoms. The van der Waals surface area contributed by atoms with E-state index in [9.17, 15) is 9.59 Å². The van der Waals surface area contributed by atoms with E-state index in [0.717, 1.165) is 16.5 Å². The van der Waals surface area contributed by atoms with Crippen LogP contribution in [0.1, 0.15) is 28.8 Å². The van der Waals surface area contributed by atoms with E-state index < -0.39 is 11.9 Å². The van der Waals surface area contributed by atoms with E-state index in [1.54, 1.807) is 4.90 Å². The maximum Gasteiger partial charge on any atom is 0.308 e. The second-order valence-electron chi connectivity index (χ2n) is 4.91. The molecule has 102 valence electrons. The van der Waals surface area contributed by atoms with Crippen LogP contribution in [0.3, 0.4) is 0 Å². The number of likely N-dealkylation sites (tertiary alicyclic amines) is 1.